The molecule has 0 amide bonds. The molecule has 1 aliphatic rings. The van der Waals surface area contributed by atoms with Crippen molar-refractivity contribution in [2.75, 3.05) is 13.4 Å². The summed E-state index contributed by atoms with van der Waals surface area (Å²) in [4.78, 5) is 16.3. The lowest BCUT2D eigenvalue weighted by Gasteiger charge is -2.12. The Balaban J connectivity index is 2.08. The molecule has 18 heavy (non-hydrogen) atoms. The number of rotatable bonds is 6. The van der Waals surface area contributed by atoms with E-state index < -0.39 is 0 Å². The zero-order chi connectivity index (χ0) is 12.8. The van der Waals surface area contributed by atoms with Crippen LogP contribution in [0.2, 0.25) is 0 Å². The average molecular weight is 247 g/mol. The molecule has 0 saturated heterocycles. The van der Waals surface area contributed by atoms with Crippen molar-refractivity contribution in [3.63, 3.8) is 0 Å². The van der Waals surface area contributed by atoms with Crippen molar-refractivity contribution in [1.82, 2.24) is 4.98 Å². The molecule has 0 aromatic carbocycles. The molecule has 4 heteroatoms. The largest absolute Gasteiger partial charge is 0.465 e. The Hall–Kier alpha value is -1.68. The van der Waals surface area contributed by atoms with Crippen LogP contribution in [0.15, 0.2) is 30.6 Å². The van der Waals surface area contributed by atoms with Gasteiger partial charge in [-0.15, -0.1) is 0 Å². The first-order chi connectivity index (χ1) is 8.83. The van der Waals surface area contributed by atoms with E-state index in [4.69, 9.17) is 9.47 Å². The molecule has 0 atom stereocenters. The third-order valence-corrected chi connectivity index (χ3v) is 2.93. The first kappa shape index (κ1) is 12.8. The predicted octanol–water partition coefficient (Wildman–Crippen LogP) is 2.60. The number of hydrogen-bond donors (Lipinski definition) is 0. The summed E-state index contributed by atoms with van der Waals surface area (Å²) < 4.78 is 10.6. The van der Waals surface area contributed by atoms with Gasteiger partial charge in [0.05, 0.1) is 11.8 Å². The predicted molar refractivity (Wildman–Crippen MR) is 67.6 cm³/mol. The van der Waals surface area contributed by atoms with Crippen LogP contribution in [-0.4, -0.2) is 24.2 Å². The molecule has 0 spiro atoms. The summed E-state index contributed by atoms with van der Waals surface area (Å²) in [6, 6.07) is 1.71. The fourth-order valence-corrected chi connectivity index (χ4v) is 1.94. The second kappa shape index (κ2) is 6.31. The second-order valence-corrected chi connectivity index (χ2v) is 4.13. The molecular weight excluding hydrogens is 230 g/mol. The van der Waals surface area contributed by atoms with Gasteiger partial charge in [-0.1, -0.05) is 12.2 Å². The van der Waals surface area contributed by atoms with Crippen molar-refractivity contribution in [1.29, 1.82) is 0 Å². The van der Waals surface area contributed by atoms with Gasteiger partial charge in [0.25, 0.3) is 0 Å². The van der Waals surface area contributed by atoms with Crippen LogP contribution in [0.1, 0.15) is 30.1 Å². The van der Waals surface area contributed by atoms with E-state index in [2.05, 4.69) is 4.98 Å². The highest BCUT2D eigenvalue weighted by Gasteiger charge is 2.23. The number of carbonyl (C=O) groups excluding carboxylic acids is 1. The number of ether oxygens (including phenoxy) is 2. The van der Waals surface area contributed by atoms with Gasteiger partial charge in [-0.05, 0) is 25.8 Å². The summed E-state index contributed by atoms with van der Waals surface area (Å²) in [6.45, 7) is 2.62. The fourth-order valence-electron chi connectivity index (χ4n) is 1.94. The Labute approximate surface area is 107 Å². The van der Waals surface area contributed by atoms with E-state index in [1.807, 2.05) is 19.1 Å². The Morgan fingerprint density at radius 2 is 2.22 bits per heavy atom. The zero-order valence-corrected chi connectivity index (χ0v) is 10.5. The molecule has 1 aromatic heterocycles. The molecule has 1 aromatic rings. The second-order valence-electron chi connectivity index (χ2n) is 4.13. The highest BCUT2D eigenvalue weighted by atomic mass is 16.7. The van der Waals surface area contributed by atoms with E-state index >= 15 is 0 Å². The molecule has 96 valence electrons. The number of hydrogen-bond acceptors (Lipinski definition) is 4. The molecule has 0 N–H and O–H groups in total. The number of pyridine rings is 1. The van der Waals surface area contributed by atoms with Crippen LogP contribution in [0, 0.1) is 5.92 Å². The third-order valence-electron chi connectivity index (χ3n) is 2.93. The Kier molecular flexibility index (Phi) is 4.47. The lowest BCUT2D eigenvalue weighted by molar-refractivity contribution is 0.0216. The molecule has 1 heterocycles. The number of ketones is 1. The van der Waals surface area contributed by atoms with Gasteiger partial charge in [0.2, 0.25) is 0 Å². The molecule has 1 aliphatic carbocycles. The van der Waals surface area contributed by atoms with Crippen molar-refractivity contribution in [3.8, 4) is 5.75 Å². The topological polar surface area (TPSA) is 48.4 Å². The van der Waals surface area contributed by atoms with Crippen LogP contribution < -0.4 is 4.74 Å². The smallest absolute Gasteiger partial charge is 0.189 e. The van der Waals surface area contributed by atoms with E-state index in [9.17, 15) is 4.79 Å². The number of Topliss-reactive ketones (excluding diaryl/α,β-unsaturated/α-hetero) is 1. The normalized spacial score (nSPS) is 14.9. The summed E-state index contributed by atoms with van der Waals surface area (Å²) in [5, 5.41) is 0. The van der Waals surface area contributed by atoms with Gasteiger partial charge in [0, 0.05) is 18.7 Å². The molecule has 0 aliphatic heterocycles. The van der Waals surface area contributed by atoms with Crippen molar-refractivity contribution < 1.29 is 14.3 Å². The molecular formula is C14H17NO3. The Bertz CT molecular complexity index is 434. The van der Waals surface area contributed by atoms with Gasteiger partial charge in [-0.2, -0.15) is 0 Å². The maximum absolute atomic E-state index is 12.3. The van der Waals surface area contributed by atoms with E-state index in [0.29, 0.717) is 17.9 Å². The van der Waals surface area contributed by atoms with E-state index in [-0.39, 0.29) is 18.5 Å². The maximum atomic E-state index is 12.3. The van der Waals surface area contributed by atoms with E-state index in [1.165, 1.54) is 0 Å². The van der Waals surface area contributed by atoms with Crippen LogP contribution in [0.5, 0.6) is 5.75 Å². The minimum atomic E-state index is 0.0434. The van der Waals surface area contributed by atoms with Gasteiger partial charge in [0.1, 0.15) is 0 Å². The minimum Gasteiger partial charge on any atom is -0.465 e. The van der Waals surface area contributed by atoms with Crippen molar-refractivity contribution >= 4 is 5.78 Å². The summed E-state index contributed by atoms with van der Waals surface area (Å²) in [7, 11) is 0. The van der Waals surface area contributed by atoms with Crippen LogP contribution in [0.3, 0.4) is 0 Å². The van der Waals surface area contributed by atoms with Gasteiger partial charge >= 0.3 is 0 Å². The first-order valence-electron chi connectivity index (χ1n) is 6.16. The maximum Gasteiger partial charge on any atom is 0.189 e. The first-order valence-corrected chi connectivity index (χ1v) is 6.16. The SMILES string of the molecule is CCOCOc1cnccc1C(=O)C1CC=CC1. The van der Waals surface area contributed by atoms with E-state index in [0.717, 1.165) is 12.8 Å². The van der Waals surface area contributed by atoms with Crippen molar-refractivity contribution in [2.24, 2.45) is 5.92 Å². The molecule has 0 bridgehead atoms. The number of carbonyl (C=O) groups is 1. The molecule has 0 fully saturated rings. The summed E-state index contributed by atoms with van der Waals surface area (Å²) >= 11 is 0. The zero-order valence-electron chi connectivity index (χ0n) is 10.5. The Morgan fingerprint density at radius 1 is 1.44 bits per heavy atom. The Morgan fingerprint density at radius 3 is 2.94 bits per heavy atom. The lowest BCUT2D eigenvalue weighted by atomic mass is 9.96. The van der Waals surface area contributed by atoms with Crippen LogP contribution in [0.25, 0.3) is 0 Å². The highest BCUT2D eigenvalue weighted by Crippen LogP contribution is 2.26. The van der Waals surface area contributed by atoms with Crippen LogP contribution in [-0.2, 0) is 4.74 Å². The molecule has 0 saturated carbocycles. The summed E-state index contributed by atoms with van der Waals surface area (Å²) in [6.07, 6.45) is 8.89. The van der Waals surface area contributed by atoms with Gasteiger partial charge in [-0.3, -0.25) is 9.78 Å². The summed E-state index contributed by atoms with van der Waals surface area (Å²) in [5.74, 6) is 0.665. The highest BCUT2D eigenvalue weighted by molar-refractivity contribution is 6.00. The summed E-state index contributed by atoms with van der Waals surface area (Å²) in [5.41, 5.74) is 0.596. The monoisotopic (exact) mass is 247 g/mol. The quantitative estimate of drug-likeness (QED) is 0.335. The van der Waals surface area contributed by atoms with Gasteiger partial charge in [-0.25, -0.2) is 0 Å². The standard InChI is InChI=1S/C14H17NO3/c1-2-17-10-18-13-9-15-8-7-12(13)14(16)11-5-3-4-6-11/h3-4,7-9,11H,2,5-6,10H2,1H3. The number of nitrogens with zero attached hydrogens (tertiary/aromatic N) is 1. The van der Waals surface area contributed by atoms with E-state index in [1.54, 1.807) is 18.5 Å². The minimum absolute atomic E-state index is 0.0434. The number of aromatic nitrogens is 1. The molecule has 0 radical (unpaired) electrons. The molecule has 4 nitrogen and oxygen atoms in total. The molecule has 0 unspecified atom stereocenters. The number of allylic oxidation sites excluding steroid dienone is 2. The lowest BCUT2D eigenvalue weighted by Crippen LogP contribution is -2.14. The van der Waals surface area contributed by atoms with Gasteiger partial charge in [0.15, 0.2) is 18.3 Å². The van der Waals surface area contributed by atoms with Crippen LogP contribution >= 0.6 is 0 Å². The van der Waals surface area contributed by atoms with Crippen LogP contribution in [0.4, 0.5) is 0 Å². The molecule has 2 rings (SSSR count). The van der Waals surface area contributed by atoms with Crippen molar-refractivity contribution in [3.05, 3.63) is 36.2 Å². The third kappa shape index (κ3) is 2.96. The van der Waals surface area contributed by atoms with Gasteiger partial charge < -0.3 is 9.47 Å². The van der Waals surface area contributed by atoms with Crippen molar-refractivity contribution in [2.45, 2.75) is 19.8 Å². The fraction of sp³-hybridized carbons (Fsp3) is 0.429. The average Bonchev–Trinajstić information content (AvgIpc) is 2.93.